The number of hydrogen-bond donors (Lipinski definition) is 1. The number of benzene rings is 2. The summed E-state index contributed by atoms with van der Waals surface area (Å²) in [6.45, 7) is 3.95. The summed E-state index contributed by atoms with van der Waals surface area (Å²) < 4.78 is 5.30. The van der Waals surface area contributed by atoms with Crippen molar-refractivity contribution in [2.75, 3.05) is 36.5 Å². The van der Waals surface area contributed by atoms with Crippen LogP contribution in [0.3, 0.4) is 0 Å². The molecule has 7 nitrogen and oxygen atoms in total. The van der Waals surface area contributed by atoms with Gasteiger partial charge in [-0.15, -0.1) is 0 Å². The number of nitro groups is 1. The minimum atomic E-state index is -0.469. The number of ether oxygens (including phenoxy) is 1. The van der Waals surface area contributed by atoms with Crippen LogP contribution in [0.4, 0.5) is 17.1 Å². The highest BCUT2D eigenvalue weighted by Crippen LogP contribution is 2.37. The maximum Gasteiger partial charge on any atom is 0.294 e. The molecule has 26 heavy (non-hydrogen) atoms. The van der Waals surface area contributed by atoms with Gasteiger partial charge in [0, 0.05) is 24.7 Å². The molecule has 0 bridgehead atoms. The minimum Gasteiger partial charge on any atom is -0.378 e. The summed E-state index contributed by atoms with van der Waals surface area (Å²) in [6.07, 6.45) is 0. The number of morpholine rings is 1. The van der Waals surface area contributed by atoms with E-state index >= 15 is 0 Å². The molecule has 1 aliphatic rings. The molecule has 1 N–H and O–H groups in total. The molecule has 8 heteroatoms. The summed E-state index contributed by atoms with van der Waals surface area (Å²) in [7, 11) is 0. The van der Waals surface area contributed by atoms with Crippen LogP contribution in [0.15, 0.2) is 36.4 Å². The topological polar surface area (TPSA) is 84.7 Å². The fourth-order valence-corrected chi connectivity index (χ4v) is 3.04. The van der Waals surface area contributed by atoms with E-state index in [1.165, 1.54) is 6.07 Å². The number of nitrogens with one attached hydrogen (secondary N) is 1. The standard InChI is InChI=1S/C18H18ClN3O4/c1-12-3-2-4-13(9-12)18(23)20-15-11-16(21-5-7-26-8-6-21)17(22(24)25)10-14(15)19/h2-4,9-11H,5-8H2,1H3,(H,20,23). The molecular formula is C18H18ClN3O4. The van der Waals surface area contributed by atoms with Crippen LogP contribution in [0, 0.1) is 17.0 Å². The van der Waals surface area contributed by atoms with Crippen molar-refractivity contribution in [2.24, 2.45) is 0 Å². The van der Waals surface area contributed by atoms with E-state index in [1.807, 2.05) is 17.9 Å². The first kappa shape index (κ1) is 18.2. The van der Waals surface area contributed by atoms with Crippen LogP contribution in [-0.4, -0.2) is 37.1 Å². The Kier molecular flexibility index (Phi) is 5.39. The van der Waals surface area contributed by atoms with Crippen LogP contribution in [0.25, 0.3) is 0 Å². The number of amides is 1. The van der Waals surface area contributed by atoms with E-state index in [0.717, 1.165) is 5.56 Å². The SMILES string of the molecule is Cc1cccc(C(=O)Nc2cc(N3CCOCC3)c([N+](=O)[O-])cc2Cl)c1. The highest BCUT2D eigenvalue weighted by atomic mass is 35.5. The van der Waals surface area contributed by atoms with Gasteiger partial charge in [-0.1, -0.05) is 29.3 Å². The van der Waals surface area contributed by atoms with Gasteiger partial charge in [-0.3, -0.25) is 14.9 Å². The number of aryl methyl sites for hydroxylation is 1. The van der Waals surface area contributed by atoms with Gasteiger partial charge in [-0.05, 0) is 25.1 Å². The molecule has 0 saturated carbocycles. The maximum atomic E-state index is 12.5. The second kappa shape index (κ2) is 7.72. The van der Waals surface area contributed by atoms with Crippen LogP contribution in [-0.2, 0) is 4.74 Å². The van der Waals surface area contributed by atoms with E-state index in [0.29, 0.717) is 43.2 Å². The maximum absolute atomic E-state index is 12.5. The van der Waals surface area contributed by atoms with E-state index in [4.69, 9.17) is 16.3 Å². The molecule has 0 radical (unpaired) electrons. The van der Waals surface area contributed by atoms with Crippen LogP contribution < -0.4 is 10.2 Å². The summed E-state index contributed by atoms with van der Waals surface area (Å²) in [6, 6.07) is 9.98. The first-order chi connectivity index (χ1) is 12.5. The molecule has 0 atom stereocenters. The summed E-state index contributed by atoms with van der Waals surface area (Å²) in [5.41, 5.74) is 2.12. The summed E-state index contributed by atoms with van der Waals surface area (Å²) in [5, 5.41) is 14.3. The average molecular weight is 376 g/mol. The van der Waals surface area contributed by atoms with E-state index in [-0.39, 0.29) is 16.6 Å². The molecule has 136 valence electrons. The zero-order valence-corrected chi connectivity index (χ0v) is 15.0. The number of hydrogen-bond acceptors (Lipinski definition) is 5. The Morgan fingerprint density at radius 2 is 2.00 bits per heavy atom. The number of nitrogens with zero attached hydrogens (tertiary/aromatic N) is 2. The molecule has 0 unspecified atom stereocenters. The van der Waals surface area contributed by atoms with Crippen molar-refractivity contribution < 1.29 is 14.5 Å². The third kappa shape index (κ3) is 3.95. The van der Waals surface area contributed by atoms with Crippen molar-refractivity contribution in [3.63, 3.8) is 0 Å². The van der Waals surface area contributed by atoms with E-state index in [1.54, 1.807) is 24.3 Å². The lowest BCUT2D eigenvalue weighted by Crippen LogP contribution is -2.36. The molecule has 1 saturated heterocycles. The first-order valence-electron chi connectivity index (χ1n) is 8.14. The Hall–Kier alpha value is -2.64. The Bertz CT molecular complexity index is 850. The Labute approximate surface area is 155 Å². The van der Waals surface area contributed by atoms with E-state index in [9.17, 15) is 14.9 Å². The highest BCUT2D eigenvalue weighted by molar-refractivity contribution is 6.34. The second-order valence-electron chi connectivity index (χ2n) is 6.00. The van der Waals surface area contributed by atoms with E-state index < -0.39 is 4.92 Å². The molecule has 0 spiro atoms. The normalized spacial score (nSPS) is 14.2. The quantitative estimate of drug-likeness (QED) is 0.651. The number of nitro benzene ring substituents is 1. The summed E-state index contributed by atoms with van der Waals surface area (Å²) >= 11 is 6.18. The highest BCUT2D eigenvalue weighted by Gasteiger charge is 2.24. The smallest absolute Gasteiger partial charge is 0.294 e. The molecule has 1 aliphatic heterocycles. The van der Waals surface area contributed by atoms with Crippen molar-refractivity contribution in [1.29, 1.82) is 0 Å². The number of anilines is 2. The Morgan fingerprint density at radius 1 is 1.27 bits per heavy atom. The molecule has 3 rings (SSSR count). The van der Waals surface area contributed by atoms with Crippen LogP contribution in [0.2, 0.25) is 5.02 Å². The minimum absolute atomic E-state index is 0.0922. The largest absolute Gasteiger partial charge is 0.378 e. The molecule has 2 aromatic carbocycles. The van der Waals surface area contributed by atoms with Crippen molar-refractivity contribution >= 4 is 34.6 Å². The zero-order chi connectivity index (χ0) is 18.7. The first-order valence-corrected chi connectivity index (χ1v) is 8.52. The van der Waals surface area contributed by atoms with Crippen molar-refractivity contribution in [1.82, 2.24) is 0 Å². The predicted molar refractivity (Wildman–Crippen MR) is 100 cm³/mol. The number of carbonyl (C=O) groups is 1. The summed E-state index contributed by atoms with van der Waals surface area (Å²) in [5.74, 6) is -0.322. The number of rotatable bonds is 4. The molecule has 0 aromatic heterocycles. The Morgan fingerprint density at radius 3 is 2.65 bits per heavy atom. The van der Waals surface area contributed by atoms with Gasteiger partial charge in [0.1, 0.15) is 5.69 Å². The van der Waals surface area contributed by atoms with Gasteiger partial charge in [0.15, 0.2) is 0 Å². The van der Waals surface area contributed by atoms with Crippen LogP contribution >= 0.6 is 11.6 Å². The second-order valence-corrected chi connectivity index (χ2v) is 6.41. The summed E-state index contributed by atoms with van der Waals surface area (Å²) in [4.78, 5) is 25.3. The number of carbonyl (C=O) groups excluding carboxylic acids is 1. The van der Waals surface area contributed by atoms with Gasteiger partial charge >= 0.3 is 0 Å². The fraction of sp³-hybridized carbons (Fsp3) is 0.278. The predicted octanol–water partition coefficient (Wildman–Crippen LogP) is 3.65. The lowest BCUT2D eigenvalue weighted by Gasteiger charge is -2.29. The molecule has 1 fully saturated rings. The lowest BCUT2D eigenvalue weighted by molar-refractivity contribution is -0.384. The van der Waals surface area contributed by atoms with Crippen LogP contribution in [0.1, 0.15) is 15.9 Å². The van der Waals surface area contributed by atoms with Crippen molar-refractivity contribution in [2.45, 2.75) is 6.92 Å². The third-order valence-corrected chi connectivity index (χ3v) is 4.45. The third-order valence-electron chi connectivity index (χ3n) is 4.14. The van der Waals surface area contributed by atoms with Crippen LogP contribution in [0.5, 0.6) is 0 Å². The molecule has 2 aromatic rings. The molecule has 0 aliphatic carbocycles. The lowest BCUT2D eigenvalue weighted by atomic mass is 10.1. The number of halogens is 1. The average Bonchev–Trinajstić information content (AvgIpc) is 2.63. The molecule has 1 heterocycles. The molecule has 1 amide bonds. The molecular weight excluding hydrogens is 358 g/mol. The van der Waals surface area contributed by atoms with Crippen molar-refractivity contribution in [3.05, 3.63) is 62.7 Å². The Balaban J connectivity index is 1.94. The van der Waals surface area contributed by atoms with Gasteiger partial charge in [0.2, 0.25) is 0 Å². The van der Waals surface area contributed by atoms with Gasteiger partial charge < -0.3 is 15.0 Å². The zero-order valence-electron chi connectivity index (χ0n) is 14.2. The fourth-order valence-electron chi connectivity index (χ4n) is 2.83. The monoisotopic (exact) mass is 375 g/mol. The van der Waals surface area contributed by atoms with Crippen molar-refractivity contribution in [3.8, 4) is 0 Å². The van der Waals surface area contributed by atoms with Gasteiger partial charge in [-0.25, -0.2) is 0 Å². The van der Waals surface area contributed by atoms with Gasteiger partial charge in [0.05, 0.1) is 28.8 Å². The van der Waals surface area contributed by atoms with Gasteiger partial charge in [0.25, 0.3) is 11.6 Å². The van der Waals surface area contributed by atoms with Gasteiger partial charge in [-0.2, -0.15) is 0 Å². The van der Waals surface area contributed by atoms with E-state index in [2.05, 4.69) is 5.32 Å².